The van der Waals surface area contributed by atoms with Gasteiger partial charge in [0.1, 0.15) is 5.75 Å². The maximum absolute atomic E-state index is 12.5. The molecule has 1 fully saturated rings. The third-order valence-corrected chi connectivity index (χ3v) is 3.37. The molecule has 0 bridgehead atoms. The van der Waals surface area contributed by atoms with Crippen LogP contribution in [0.15, 0.2) is 18.2 Å². The number of hydrogen-bond donors (Lipinski definition) is 0. The third kappa shape index (κ3) is 3.51. The van der Waals surface area contributed by atoms with Crippen LogP contribution in [0.25, 0.3) is 0 Å². The summed E-state index contributed by atoms with van der Waals surface area (Å²) in [5.74, 6) is 2.91. The Morgan fingerprint density at radius 3 is 2.81 bits per heavy atom. The number of ether oxygens (including phenoxy) is 1. The van der Waals surface area contributed by atoms with Crippen LogP contribution in [0.5, 0.6) is 5.75 Å². The Labute approximate surface area is 122 Å². The lowest BCUT2D eigenvalue weighted by Crippen LogP contribution is -2.33. The van der Waals surface area contributed by atoms with Gasteiger partial charge in [-0.2, -0.15) is 0 Å². The average Bonchev–Trinajstić information content (AvgIpc) is 3.29. The number of amides is 1. The first-order valence-electron chi connectivity index (χ1n) is 6.62. The summed E-state index contributed by atoms with van der Waals surface area (Å²) in [6, 6.07) is 3.95. The second-order valence-corrected chi connectivity index (χ2v) is 4.97. The molecule has 1 amide bonds. The van der Waals surface area contributed by atoms with E-state index in [9.17, 15) is 14.9 Å². The molecular weight excluding hydrogens is 272 g/mol. The maximum Gasteiger partial charge on any atom is 0.273 e. The van der Waals surface area contributed by atoms with Gasteiger partial charge in [0.2, 0.25) is 0 Å². The van der Waals surface area contributed by atoms with Crippen molar-refractivity contribution in [1.29, 1.82) is 0 Å². The monoisotopic (exact) mass is 288 g/mol. The number of nitrogens with zero attached hydrogens (tertiary/aromatic N) is 2. The molecule has 1 aliphatic rings. The molecule has 1 saturated carbocycles. The summed E-state index contributed by atoms with van der Waals surface area (Å²) >= 11 is 0. The highest BCUT2D eigenvalue weighted by atomic mass is 16.6. The summed E-state index contributed by atoms with van der Waals surface area (Å²) in [6.07, 6.45) is 7.52. The molecule has 0 saturated heterocycles. The van der Waals surface area contributed by atoms with E-state index in [4.69, 9.17) is 11.2 Å². The number of benzene rings is 1. The van der Waals surface area contributed by atoms with Crippen molar-refractivity contribution in [2.24, 2.45) is 5.92 Å². The number of non-ortho nitro benzene ring substituents is 1. The van der Waals surface area contributed by atoms with Crippen molar-refractivity contribution in [2.75, 3.05) is 20.2 Å². The van der Waals surface area contributed by atoms with Gasteiger partial charge in [-0.15, -0.1) is 6.42 Å². The molecule has 0 heterocycles. The van der Waals surface area contributed by atoms with Crippen LogP contribution < -0.4 is 4.74 Å². The molecule has 0 spiro atoms. The molecule has 0 unspecified atom stereocenters. The van der Waals surface area contributed by atoms with Gasteiger partial charge in [0, 0.05) is 12.6 Å². The smallest absolute Gasteiger partial charge is 0.273 e. The van der Waals surface area contributed by atoms with E-state index in [1.54, 1.807) is 4.90 Å². The zero-order chi connectivity index (χ0) is 15.4. The van der Waals surface area contributed by atoms with E-state index in [1.807, 2.05) is 0 Å². The van der Waals surface area contributed by atoms with Gasteiger partial charge in [-0.3, -0.25) is 14.9 Å². The number of carbonyl (C=O) groups excluding carboxylic acids is 1. The van der Waals surface area contributed by atoms with Crippen molar-refractivity contribution in [3.8, 4) is 18.1 Å². The minimum absolute atomic E-state index is 0.117. The van der Waals surface area contributed by atoms with E-state index in [-0.39, 0.29) is 23.9 Å². The van der Waals surface area contributed by atoms with Gasteiger partial charge >= 0.3 is 0 Å². The third-order valence-electron chi connectivity index (χ3n) is 3.37. The minimum atomic E-state index is -0.528. The molecule has 0 aliphatic heterocycles. The normalized spacial score (nSPS) is 13.3. The fourth-order valence-corrected chi connectivity index (χ4v) is 2.08. The molecule has 0 N–H and O–H groups in total. The minimum Gasteiger partial charge on any atom is -0.496 e. The number of carbonyl (C=O) groups is 1. The Morgan fingerprint density at radius 2 is 2.29 bits per heavy atom. The quantitative estimate of drug-likeness (QED) is 0.456. The van der Waals surface area contributed by atoms with E-state index in [1.165, 1.54) is 25.3 Å². The lowest BCUT2D eigenvalue weighted by molar-refractivity contribution is -0.384. The van der Waals surface area contributed by atoms with Crippen LogP contribution in [0, 0.1) is 28.4 Å². The number of nitro benzene ring substituents is 1. The van der Waals surface area contributed by atoms with Crippen molar-refractivity contribution in [1.82, 2.24) is 4.90 Å². The number of nitro groups is 1. The predicted octanol–water partition coefficient (Wildman–Crippen LogP) is 2.09. The van der Waals surface area contributed by atoms with Gasteiger partial charge < -0.3 is 9.64 Å². The first kappa shape index (κ1) is 14.9. The number of rotatable bonds is 6. The number of hydrogen-bond acceptors (Lipinski definition) is 4. The molecule has 6 nitrogen and oxygen atoms in total. The van der Waals surface area contributed by atoms with Crippen LogP contribution in [0.3, 0.4) is 0 Å². The fourth-order valence-electron chi connectivity index (χ4n) is 2.08. The molecule has 1 aromatic carbocycles. The van der Waals surface area contributed by atoms with Crippen LogP contribution >= 0.6 is 0 Å². The Bertz CT molecular complexity index is 602. The highest BCUT2D eigenvalue weighted by Crippen LogP contribution is 2.31. The van der Waals surface area contributed by atoms with Crippen LogP contribution in [0.2, 0.25) is 0 Å². The standard InChI is InChI=1S/C15H16N2O4/c1-3-8-16(10-11-4-5-11)15(18)13-7-6-12(17(19)20)9-14(13)21-2/h1,6-7,9,11H,4-5,8,10H2,2H3. The lowest BCUT2D eigenvalue weighted by Gasteiger charge is -2.21. The predicted molar refractivity (Wildman–Crippen MR) is 77.1 cm³/mol. The van der Waals surface area contributed by atoms with E-state index in [0.717, 1.165) is 12.8 Å². The van der Waals surface area contributed by atoms with E-state index in [2.05, 4.69) is 5.92 Å². The van der Waals surface area contributed by atoms with E-state index >= 15 is 0 Å². The molecule has 0 aromatic heterocycles. The summed E-state index contributed by atoms with van der Waals surface area (Å²) in [4.78, 5) is 24.4. The molecule has 6 heteroatoms. The van der Waals surface area contributed by atoms with Crippen molar-refractivity contribution < 1.29 is 14.5 Å². The first-order valence-corrected chi connectivity index (χ1v) is 6.62. The Hall–Kier alpha value is -2.55. The summed E-state index contributed by atoms with van der Waals surface area (Å²) in [7, 11) is 1.38. The molecule has 0 atom stereocenters. The highest BCUT2D eigenvalue weighted by Gasteiger charge is 2.28. The molecule has 1 aromatic rings. The first-order chi connectivity index (χ1) is 10.1. The number of terminal acetylenes is 1. The summed E-state index contributed by atoms with van der Waals surface area (Å²) in [5, 5.41) is 10.8. The Balaban J connectivity index is 2.27. The van der Waals surface area contributed by atoms with Crippen LogP contribution in [-0.2, 0) is 0 Å². The molecule has 2 rings (SSSR count). The van der Waals surface area contributed by atoms with Crippen LogP contribution in [0.4, 0.5) is 5.69 Å². The summed E-state index contributed by atoms with van der Waals surface area (Å²) in [6.45, 7) is 0.832. The van der Waals surface area contributed by atoms with Crippen molar-refractivity contribution in [3.63, 3.8) is 0 Å². The van der Waals surface area contributed by atoms with Gasteiger partial charge in [0.05, 0.1) is 30.2 Å². The molecular formula is C15H16N2O4. The van der Waals surface area contributed by atoms with Crippen molar-refractivity contribution in [3.05, 3.63) is 33.9 Å². The molecule has 1 aliphatic carbocycles. The second-order valence-electron chi connectivity index (χ2n) is 4.97. The summed E-state index contributed by atoms with van der Waals surface area (Å²) < 4.78 is 5.10. The highest BCUT2D eigenvalue weighted by molar-refractivity contribution is 5.97. The van der Waals surface area contributed by atoms with Crippen molar-refractivity contribution >= 4 is 11.6 Å². The molecule has 110 valence electrons. The van der Waals surface area contributed by atoms with Gasteiger partial charge in [-0.05, 0) is 24.8 Å². The molecule has 0 radical (unpaired) electrons. The zero-order valence-corrected chi connectivity index (χ0v) is 11.7. The van der Waals surface area contributed by atoms with Gasteiger partial charge in [-0.25, -0.2) is 0 Å². The number of methoxy groups -OCH3 is 1. The van der Waals surface area contributed by atoms with E-state index < -0.39 is 4.92 Å². The fraction of sp³-hybridized carbons (Fsp3) is 0.400. The molecule has 21 heavy (non-hydrogen) atoms. The average molecular weight is 288 g/mol. The van der Waals surface area contributed by atoms with Crippen LogP contribution in [0.1, 0.15) is 23.2 Å². The topological polar surface area (TPSA) is 72.7 Å². The second kappa shape index (κ2) is 6.27. The van der Waals surface area contributed by atoms with Crippen LogP contribution in [-0.4, -0.2) is 35.9 Å². The largest absolute Gasteiger partial charge is 0.496 e. The van der Waals surface area contributed by atoms with Gasteiger partial charge in [-0.1, -0.05) is 5.92 Å². The SMILES string of the molecule is C#CCN(CC1CC1)C(=O)c1ccc([N+](=O)[O-])cc1OC. The Kier molecular flexibility index (Phi) is 4.43. The lowest BCUT2D eigenvalue weighted by atomic mass is 10.1. The van der Waals surface area contributed by atoms with Gasteiger partial charge in [0.25, 0.3) is 11.6 Å². The summed E-state index contributed by atoms with van der Waals surface area (Å²) in [5.41, 5.74) is 0.174. The zero-order valence-electron chi connectivity index (χ0n) is 11.7. The van der Waals surface area contributed by atoms with Gasteiger partial charge in [0.15, 0.2) is 0 Å². The van der Waals surface area contributed by atoms with E-state index in [0.29, 0.717) is 18.0 Å². The maximum atomic E-state index is 12.5. The van der Waals surface area contributed by atoms with Crippen molar-refractivity contribution in [2.45, 2.75) is 12.8 Å². The Morgan fingerprint density at radius 1 is 1.57 bits per heavy atom.